The van der Waals surface area contributed by atoms with Crippen LogP contribution in [0.3, 0.4) is 0 Å². The Hall–Kier alpha value is -0.610. The summed E-state index contributed by atoms with van der Waals surface area (Å²) in [6.07, 6.45) is 4.35. The van der Waals surface area contributed by atoms with E-state index in [2.05, 4.69) is 17.0 Å². The number of aliphatic hydroxyl groups is 1. The Labute approximate surface area is 104 Å². The van der Waals surface area contributed by atoms with Crippen molar-refractivity contribution in [1.29, 1.82) is 0 Å². The van der Waals surface area contributed by atoms with Crippen molar-refractivity contribution in [2.75, 3.05) is 13.7 Å². The van der Waals surface area contributed by atoms with Gasteiger partial charge in [0, 0.05) is 12.6 Å². The van der Waals surface area contributed by atoms with Gasteiger partial charge in [-0.1, -0.05) is 19.8 Å². The Kier molecular flexibility index (Phi) is 5.40. The molecule has 4 nitrogen and oxygen atoms in total. The predicted octanol–water partition coefficient (Wildman–Crippen LogP) is 1.47. The lowest BCUT2D eigenvalue weighted by Gasteiger charge is -2.36. The molecule has 1 fully saturated rings. The summed E-state index contributed by atoms with van der Waals surface area (Å²) < 4.78 is 4.61. The lowest BCUT2D eigenvalue weighted by atomic mass is 9.79. The molecule has 0 aromatic rings. The predicted molar refractivity (Wildman–Crippen MR) is 66.7 cm³/mol. The van der Waals surface area contributed by atoms with Crippen molar-refractivity contribution >= 4 is 5.97 Å². The van der Waals surface area contributed by atoms with Gasteiger partial charge in [-0.3, -0.25) is 4.79 Å². The number of carbonyl (C=O) groups is 1. The highest BCUT2D eigenvalue weighted by Gasteiger charge is 2.32. The number of ether oxygens (including phenoxy) is 1. The van der Waals surface area contributed by atoms with Crippen molar-refractivity contribution in [1.82, 2.24) is 5.32 Å². The summed E-state index contributed by atoms with van der Waals surface area (Å²) in [5.41, 5.74) is -0.595. The van der Waals surface area contributed by atoms with Crippen LogP contribution in [0.4, 0.5) is 0 Å². The van der Waals surface area contributed by atoms with Crippen LogP contribution in [0, 0.1) is 5.92 Å². The Morgan fingerprint density at radius 3 is 2.94 bits per heavy atom. The van der Waals surface area contributed by atoms with Gasteiger partial charge in [0.25, 0.3) is 0 Å². The SMILES string of the molecule is COC(=O)CC(C)NCC1(O)CCCC(C)C1. The summed E-state index contributed by atoms with van der Waals surface area (Å²) in [7, 11) is 1.39. The fraction of sp³-hybridized carbons (Fsp3) is 0.923. The molecule has 0 aromatic heterocycles. The Morgan fingerprint density at radius 2 is 2.35 bits per heavy atom. The highest BCUT2D eigenvalue weighted by atomic mass is 16.5. The summed E-state index contributed by atoms with van der Waals surface area (Å²) >= 11 is 0. The number of hydrogen-bond acceptors (Lipinski definition) is 4. The van der Waals surface area contributed by atoms with E-state index in [1.165, 1.54) is 13.5 Å². The van der Waals surface area contributed by atoms with Crippen LogP contribution in [-0.4, -0.2) is 36.4 Å². The number of nitrogens with one attached hydrogen (secondary N) is 1. The highest BCUT2D eigenvalue weighted by Crippen LogP contribution is 2.31. The third-order valence-corrected chi connectivity index (χ3v) is 3.55. The quantitative estimate of drug-likeness (QED) is 0.718. The summed E-state index contributed by atoms with van der Waals surface area (Å²) in [6.45, 7) is 4.68. The van der Waals surface area contributed by atoms with Crippen LogP contribution in [0.25, 0.3) is 0 Å². The summed E-state index contributed by atoms with van der Waals surface area (Å²) in [5.74, 6) is 0.375. The summed E-state index contributed by atoms with van der Waals surface area (Å²) in [5, 5.41) is 13.6. The van der Waals surface area contributed by atoms with Crippen LogP contribution in [0.2, 0.25) is 0 Å². The van der Waals surface area contributed by atoms with Crippen LogP contribution < -0.4 is 5.32 Å². The molecule has 0 spiro atoms. The van der Waals surface area contributed by atoms with Gasteiger partial charge in [-0.05, 0) is 25.7 Å². The van der Waals surface area contributed by atoms with Gasteiger partial charge in [0.05, 0.1) is 19.1 Å². The Bertz CT molecular complexity index is 257. The zero-order valence-electron chi connectivity index (χ0n) is 11.2. The number of hydrogen-bond donors (Lipinski definition) is 2. The van der Waals surface area contributed by atoms with Gasteiger partial charge in [0.1, 0.15) is 0 Å². The third kappa shape index (κ3) is 5.04. The third-order valence-electron chi connectivity index (χ3n) is 3.55. The van der Waals surface area contributed by atoms with Crippen molar-refractivity contribution in [3.8, 4) is 0 Å². The van der Waals surface area contributed by atoms with E-state index >= 15 is 0 Å². The molecule has 0 radical (unpaired) electrons. The molecule has 0 aromatic carbocycles. The van der Waals surface area contributed by atoms with Gasteiger partial charge in [-0.2, -0.15) is 0 Å². The van der Waals surface area contributed by atoms with Crippen molar-refractivity contribution < 1.29 is 14.6 Å². The number of esters is 1. The second-order valence-electron chi connectivity index (χ2n) is 5.49. The van der Waals surface area contributed by atoms with Crippen LogP contribution in [0.1, 0.15) is 46.0 Å². The standard InChI is InChI=1S/C13H25NO3/c1-10-5-4-6-13(16,8-10)9-14-11(2)7-12(15)17-3/h10-11,14,16H,4-9H2,1-3H3. The molecule has 1 aliphatic carbocycles. The smallest absolute Gasteiger partial charge is 0.307 e. The lowest BCUT2D eigenvalue weighted by molar-refractivity contribution is -0.141. The average molecular weight is 243 g/mol. The first-order valence-corrected chi connectivity index (χ1v) is 6.48. The Morgan fingerprint density at radius 1 is 1.65 bits per heavy atom. The maximum Gasteiger partial charge on any atom is 0.307 e. The lowest BCUT2D eigenvalue weighted by Crippen LogP contribution is -2.46. The molecule has 1 rings (SSSR count). The molecule has 1 saturated carbocycles. The molecular formula is C13H25NO3. The fourth-order valence-electron chi connectivity index (χ4n) is 2.56. The molecule has 100 valence electrons. The van der Waals surface area contributed by atoms with Crippen molar-refractivity contribution in [2.24, 2.45) is 5.92 Å². The molecule has 2 N–H and O–H groups in total. The summed E-state index contributed by atoms with van der Waals surface area (Å²) in [6, 6.07) is 0.0451. The molecular weight excluding hydrogens is 218 g/mol. The first kappa shape index (κ1) is 14.5. The van der Waals surface area contributed by atoms with Gasteiger partial charge < -0.3 is 15.2 Å². The molecule has 1 aliphatic rings. The minimum absolute atomic E-state index is 0.0451. The van der Waals surface area contributed by atoms with E-state index in [1.807, 2.05) is 6.92 Å². The van der Waals surface area contributed by atoms with Crippen LogP contribution in [0.5, 0.6) is 0 Å². The van der Waals surface area contributed by atoms with Crippen molar-refractivity contribution in [2.45, 2.75) is 57.6 Å². The monoisotopic (exact) mass is 243 g/mol. The topological polar surface area (TPSA) is 58.6 Å². The number of carbonyl (C=O) groups excluding carboxylic acids is 1. The molecule has 3 unspecified atom stereocenters. The average Bonchev–Trinajstić information content (AvgIpc) is 2.26. The zero-order chi connectivity index (χ0) is 12.9. The van der Waals surface area contributed by atoms with E-state index in [4.69, 9.17) is 0 Å². The van der Waals surface area contributed by atoms with Crippen molar-refractivity contribution in [3.63, 3.8) is 0 Å². The molecule has 4 heteroatoms. The highest BCUT2D eigenvalue weighted by molar-refractivity contribution is 5.69. The minimum atomic E-state index is -0.595. The van der Waals surface area contributed by atoms with Crippen LogP contribution in [-0.2, 0) is 9.53 Å². The second-order valence-corrected chi connectivity index (χ2v) is 5.49. The fourth-order valence-corrected chi connectivity index (χ4v) is 2.56. The van der Waals surface area contributed by atoms with E-state index in [9.17, 15) is 9.90 Å². The van der Waals surface area contributed by atoms with Gasteiger partial charge >= 0.3 is 5.97 Å². The molecule has 0 aliphatic heterocycles. The summed E-state index contributed by atoms with van der Waals surface area (Å²) in [4.78, 5) is 11.1. The second kappa shape index (κ2) is 6.36. The first-order valence-electron chi connectivity index (χ1n) is 6.48. The molecule has 0 amide bonds. The molecule has 3 atom stereocenters. The maximum atomic E-state index is 11.1. The molecule has 17 heavy (non-hydrogen) atoms. The van der Waals surface area contributed by atoms with Crippen LogP contribution >= 0.6 is 0 Å². The minimum Gasteiger partial charge on any atom is -0.469 e. The molecule has 0 heterocycles. The maximum absolute atomic E-state index is 11.1. The van der Waals surface area contributed by atoms with E-state index in [0.717, 1.165) is 19.3 Å². The van der Waals surface area contributed by atoms with E-state index < -0.39 is 5.60 Å². The number of methoxy groups -OCH3 is 1. The van der Waals surface area contributed by atoms with E-state index in [0.29, 0.717) is 18.9 Å². The Balaban J connectivity index is 2.31. The van der Waals surface area contributed by atoms with E-state index in [1.54, 1.807) is 0 Å². The van der Waals surface area contributed by atoms with E-state index in [-0.39, 0.29) is 12.0 Å². The molecule has 0 saturated heterocycles. The van der Waals surface area contributed by atoms with Gasteiger partial charge in [0.15, 0.2) is 0 Å². The molecule has 0 bridgehead atoms. The van der Waals surface area contributed by atoms with Crippen molar-refractivity contribution in [3.05, 3.63) is 0 Å². The van der Waals surface area contributed by atoms with Gasteiger partial charge in [-0.25, -0.2) is 0 Å². The zero-order valence-corrected chi connectivity index (χ0v) is 11.2. The normalized spacial score (nSPS) is 30.9. The number of rotatable bonds is 5. The first-order chi connectivity index (χ1) is 7.95. The van der Waals surface area contributed by atoms with Crippen LogP contribution in [0.15, 0.2) is 0 Å². The largest absolute Gasteiger partial charge is 0.469 e. The van der Waals surface area contributed by atoms with Gasteiger partial charge in [0.2, 0.25) is 0 Å². The van der Waals surface area contributed by atoms with Gasteiger partial charge in [-0.15, -0.1) is 0 Å².